The first-order chi connectivity index (χ1) is 14.8. The van der Waals surface area contributed by atoms with Crippen LogP contribution in [0.15, 0.2) is 59.1 Å². The number of carbonyl (C=O) groups is 1. The number of nitrogens with one attached hydrogen (secondary N) is 1. The first-order valence-electron chi connectivity index (χ1n) is 9.58. The summed E-state index contributed by atoms with van der Waals surface area (Å²) in [5, 5.41) is 13.1. The summed E-state index contributed by atoms with van der Waals surface area (Å²) in [6.45, 7) is 0. The molecule has 1 aliphatic carbocycles. The van der Waals surface area contributed by atoms with Crippen LogP contribution in [0.2, 0.25) is 0 Å². The van der Waals surface area contributed by atoms with Crippen LogP contribution in [-0.4, -0.2) is 30.2 Å². The Kier molecular flexibility index (Phi) is 4.48. The Morgan fingerprint density at radius 2 is 1.90 bits per heavy atom. The maximum atomic E-state index is 12.1. The number of rotatable bonds is 5. The van der Waals surface area contributed by atoms with E-state index in [1.165, 1.54) is 18.2 Å². The van der Waals surface area contributed by atoms with Crippen molar-refractivity contribution in [3.8, 4) is 28.3 Å². The summed E-state index contributed by atoms with van der Waals surface area (Å²) in [7, 11) is -4.52. The molecule has 0 saturated heterocycles. The Morgan fingerprint density at radius 3 is 2.61 bits per heavy atom. The zero-order chi connectivity index (χ0) is 21.8. The molecular formula is C21H18N3O6P. The zero-order valence-electron chi connectivity index (χ0n) is 16.1. The number of aromatic nitrogens is 2. The van der Waals surface area contributed by atoms with E-state index in [0.29, 0.717) is 28.3 Å². The van der Waals surface area contributed by atoms with E-state index in [-0.39, 0.29) is 23.3 Å². The molecule has 5 rings (SSSR count). The Bertz CT molecular complexity index is 1360. The molecule has 0 unspecified atom stereocenters. The third-order valence-electron chi connectivity index (χ3n) is 5.07. The van der Waals surface area contributed by atoms with Gasteiger partial charge >= 0.3 is 7.60 Å². The minimum Gasteiger partial charge on any atom is -0.508 e. The number of phenols is 1. The smallest absolute Gasteiger partial charge is 0.391 e. The van der Waals surface area contributed by atoms with Crippen molar-refractivity contribution in [3.05, 3.63) is 54.7 Å². The van der Waals surface area contributed by atoms with Gasteiger partial charge in [0.15, 0.2) is 5.82 Å². The first-order valence-corrected chi connectivity index (χ1v) is 11.2. The van der Waals surface area contributed by atoms with Crippen LogP contribution in [0, 0.1) is 5.92 Å². The number of pyridine rings is 1. The lowest BCUT2D eigenvalue weighted by Crippen LogP contribution is -2.13. The minimum absolute atomic E-state index is 0.0386. The molecule has 1 saturated carbocycles. The molecule has 1 aromatic carbocycles. The number of anilines is 1. The molecule has 3 heterocycles. The number of aromatic hydroxyl groups is 1. The summed E-state index contributed by atoms with van der Waals surface area (Å²) >= 11 is 0. The standard InChI is InChI=1S/C21H18N3O6P/c25-15-9-13(8-14(10-15)17-6-7-20(30-17)31(27,28)29)16-2-1-3-19-22-18(11-24(16)19)23-21(26)12-4-5-12/h1-3,6-12,25H,4-5H2,(H,23,26)(H2,27,28,29). The highest BCUT2D eigenvalue weighted by molar-refractivity contribution is 7.59. The van der Waals surface area contributed by atoms with Gasteiger partial charge in [-0.3, -0.25) is 13.8 Å². The number of imidazole rings is 1. The summed E-state index contributed by atoms with van der Waals surface area (Å²) in [6.07, 6.45) is 3.51. The molecule has 158 valence electrons. The number of benzene rings is 1. The highest BCUT2D eigenvalue weighted by Crippen LogP contribution is 2.37. The predicted molar refractivity (Wildman–Crippen MR) is 113 cm³/mol. The van der Waals surface area contributed by atoms with Crippen LogP contribution in [-0.2, 0) is 9.36 Å². The lowest BCUT2D eigenvalue weighted by Gasteiger charge is -2.08. The average Bonchev–Trinajstić information content (AvgIpc) is 3.28. The average molecular weight is 439 g/mol. The molecule has 1 fully saturated rings. The van der Waals surface area contributed by atoms with Crippen molar-refractivity contribution < 1.29 is 28.7 Å². The molecule has 1 amide bonds. The van der Waals surface area contributed by atoms with Crippen molar-refractivity contribution in [1.82, 2.24) is 9.38 Å². The van der Waals surface area contributed by atoms with Gasteiger partial charge in [-0.2, -0.15) is 0 Å². The molecular weight excluding hydrogens is 421 g/mol. The number of furan rings is 1. The van der Waals surface area contributed by atoms with Crippen molar-refractivity contribution in [2.75, 3.05) is 5.32 Å². The number of amides is 1. The third kappa shape index (κ3) is 3.86. The molecule has 9 nitrogen and oxygen atoms in total. The second kappa shape index (κ2) is 7.09. The highest BCUT2D eigenvalue weighted by atomic mass is 31.2. The second-order valence-electron chi connectivity index (χ2n) is 7.48. The summed E-state index contributed by atoms with van der Waals surface area (Å²) in [4.78, 5) is 35.1. The van der Waals surface area contributed by atoms with E-state index in [0.717, 1.165) is 12.8 Å². The van der Waals surface area contributed by atoms with E-state index in [1.54, 1.807) is 28.8 Å². The van der Waals surface area contributed by atoms with Crippen molar-refractivity contribution >= 4 is 30.5 Å². The Labute approximate surface area is 176 Å². The van der Waals surface area contributed by atoms with Crippen molar-refractivity contribution in [2.45, 2.75) is 12.8 Å². The number of hydrogen-bond acceptors (Lipinski definition) is 5. The van der Waals surface area contributed by atoms with Crippen LogP contribution in [0.3, 0.4) is 0 Å². The fourth-order valence-corrected chi connectivity index (χ4v) is 3.91. The monoisotopic (exact) mass is 439 g/mol. The third-order valence-corrected chi connectivity index (χ3v) is 5.88. The van der Waals surface area contributed by atoms with Gasteiger partial charge in [-0.15, -0.1) is 0 Å². The van der Waals surface area contributed by atoms with E-state index in [9.17, 15) is 24.3 Å². The molecule has 4 aromatic rings. The maximum Gasteiger partial charge on any atom is 0.391 e. The molecule has 3 aromatic heterocycles. The number of phenolic OH excluding ortho intramolecular Hbond substituents is 1. The number of fused-ring (bicyclic) bond motifs is 1. The molecule has 31 heavy (non-hydrogen) atoms. The van der Waals surface area contributed by atoms with Crippen LogP contribution in [0.1, 0.15) is 12.8 Å². The zero-order valence-corrected chi connectivity index (χ0v) is 17.0. The lowest BCUT2D eigenvalue weighted by atomic mass is 10.0. The Hall–Kier alpha value is -3.39. The van der Waals surface area contributed by atoms with Crippen molar-refractivity contribution in [2.24, 2.45) is 5.92 Å². The normalized spacial score (nSPS) is 14.1. The van der Waals surface area contributed by atoms with Gasteiger partial charge in [0.25, 0.3) is 0 Å². The first kappa shape index (κ1) is 19.6. The summed E-state index contributed by atoms with van der Waals surface area (Å²) in [5.74, 6) is 0.640. The second-order valence-corrected chi connectivity index (χ2v) is 9.01. The molecule has 0 spiro atoms. The van der Waals surface area contributed by atoms with E-state index >= 15 is 0 Å². The Morgan fingerprint density at radius 1 is 1.13 bits per heavy atom. The topological polar surface area (TPSA) is 137 Å². The summed E-state index contributed by atoms with van der Waals surface area (Å²) < 4.78 is 18.5. The van der Waals surface area contributed by atoms with Crippen LogP contribution in [0.25, 0.3) is 28.2 Å². The van der Waals surface area contributed by atoms with Gasteiger partial charge in [0.1, 0.15) is 17.2 Å². The lowest BCUT2D eigenvalue weighted by molar-refractivity contribution is -0.117. The summed E-state index contributed by atoms with van der Waals surface area (Å²) in [5.41, 5.74) is 1.97. The molecule has 0 atom stereocenters. The molecule has 0 radical (unpaired) electrons. The van der Waals surface area contributed by atoms with Gasteiger partial charge in [-0.05, 0) is 55.3 Å². The number of hydrogen-bond donors (Lipinski definition) is 4. The minimum atomic E-state index is -4.52. The fourth-order valence-electron chi connectivity index (χ4n) is 3.42. The Balaban J connectivity index is 1.55. The van der Waals surface area contributed by atoms with E-state index in [1.807, 2.05) is 12.1 Å². The van der Waals surface area contributed by atoms with Crippen LogP contribution in [0.5, 0.6) is 5.75 Å². The molecule has 10 heteroatoms. The van der Waals surface area contributed by atoms with E-state index in [2.05, 4.69) is 10.3 Å². The van der Waals surface area contributed by atoms with Gasteiger partial charge in [0, 0.05) is 17.0 Å². The van der Waals surface area contributed by atoms with E-state index in [4.69, 9.17) is 4.42 Å². The SMILES string of the molecule is O=C(Nc1cn2c(-c3cc(O)cc(-c4ccc(P(=O)(O)O)o4)c3)cccc2n1)C1CC1. The van der Waals surface area contributed by atoms with Crippen molar-refractivity contribution in [3.63, 3.8) is 0 Å². The molecule has 0 aliphatic heterocycles. The van der Waals surface area contributed by atoms with Crippen LogP contribution < -0.4 is 10.8 Å². The van der Waals surface area contributed by atoms with Gasteiger partial charge < -0.3 is 24.6 Å². The fraction of sp³-hybridized carbons (Fsp3) is 0.143. The highest BCUT2D eigenvalue weighted by Gasteiger charge is 2.30. The number of carbonyl (C=O) groups excluding carboxylic acids is 1. The van der Waals surface area contributed by atoms with E-state index < -0.39 is 13.1 Å². The quantitative estimate of drug-likeness (QED) is 0.351. The molecule has 4 N–H and O–H groups in total. The van der Waals surface area contributed by atoms with Crippen molar-refractivity contribution in [1.29, 1.82) is 0 Å². The predicted octanol–water partition coefficient (Wildman–Crippen LogP) is 3.12. The van der Waals surface area contributed by atoms with Crippen LogP contribution >= 0.6 is 7.60 Å². The summed E-state index contributed by atoms with van der Waals surface area (Å²) in [6, 6.07) is 12.9. The van der Waals surface area contributed by atoms with Gasteiger partial charge in [0.05, 0.1) is 11.9 Å². The van der Waals surface area contributed by atoms with Gasteiger partial charge in [-0.1, -0.05) is 6.07 Å². The molecule has 0 bridgehead atoms. The number of nitrogens with zero attached hydrogens (tertiary/aromatic N) is 2. The van der Waals surface area contributed by atoms with Gasteiger partial charge in [0.2, 0.25) is 11.4 Å². The largest absolute Gasteiger partial charge is 0.508 e. The van der Waals surface area contributed by atoms with Crippen LogP contribution in [0.4, 0.5) is 5.82 Å². The molecule has 1 aliphatic rings. The maximum absolute atomic E-state index is 12.1. The van der Waals surface area contributed by atoms with Gasteiger partial charge in [-0.25, -0.2) is 4.98 Å².